The molecule has 0 spiro atoms. The second-order valence-electron chi connectivity index (χ2n) is 6.44. The van der Waals surface area contributed by atoms with Crippen LogP contribution >= 0.6 is 11.8 Å². The largest absolute Gasteiger partial charge is 0.471 e. The van der Waals surface area contributed by atoms with Gasteiger partial charge in [0, 0.05) is 18.9 Å². The lowest BCUT2D eigenvalue weighted by Gasteiger charge is -2.32. The third kappa shape index (κ3) is 5.46. The maximum absolute atomic E-state index is 14.3. The van der Waals surface area contributed by atoms with E-state index in [2.05, 4.69) is 4.74 Å². The number of aliphatic hydroxyl groups excluding tert-OH is 1. The van der Waals surface area contributed by atoms with Gasteiger partial charge in [0.05, 0.1) is 17.6 Å². The number of benzene rings is 1. The zero-order valence-corrected chi connectivity index (χ0v) is 15.6. The summed E-state index contributed by atoms with van der Waals surface area (Å²) in [4.78, 5) is 10.00. The van der Waals surface area contributed by atoms with E-state index in [0.717, 1.165) is 19.2 Å². The zero-order valence-electron chi connectivity index (χ0n) is 14.8. The Balaban J connectivity index is 2.36. The van der Waals surface area contributed by atoms with E-state index in [0.29, 0.717) is 11.5 Å². The highest BCUT2D eigenvalue weighted by Crippen LogP contribution is 2.36. The van der Waals surface area contributed by atoms with E-state index >= 15 is 0 Å². The van der Waals surface area contributed by atoms with E-state index < -0.39 is 53.2 Å². The van der Waals surface area contributed by atoms with Crippen LogP contribution in [-0.4, -0.2) is 59.7 Å². The Morgan fingerprint density at radius 3 is 2.68 bits per heavy atom. The molecule has 158 valence electrons. The molecule has 1 fully saturated rings. The molecule has 1 aliphatic rings. The van der Waals surface area contributed by atoms with Crippen molar-refractivity contribution < 1.29 is 37.1 Å². The van der Waals surface area contributed by atoms with Gasteiger partial charge in [-0.2, -0.15) is 29.3 Å². The molecule has 0 aromatic heterocycles. The minimum Gasteiger partial charge on any atom is -0.471 e. The Hall–Kier alpha value is -1.63. The number of nitro benzene ring substituents is 1. The highest BCUT2D eigenvalue weighted by Gasteiger charge is 2.43. The lowest BCUT2D eigenvalue weighted by molar-refractivity contribution is -0.389. The Labute approximate surface area is 162 Å². The summed E-state index contributed by atoms with van der Waals surface area (Å²) in [7, 11) is 1.01. The fourth-order valence-electron chi connectivity index (χ4n) is 2.90. The summed E-state index contributed by atoms with van der Waals surface area (Å²) in [6.07, 6.45) is -8.18. The molecule has 0 aliphatic carbocycles. The number of methoxy groups -OCH3 is 1. The number of hydrogen-bond donors (Lipinski definition) is 2. The number of nitro groups is 1. The van der Waals surface area contributed by atoms with Crippen molar-refractivity contribution in [1.29, 1.82) is 0 Å². The smallest absolute Gasteiger partial charge is 0.427 e. The normalized spacial score (nSPS) is 24.0. The average molecular weight is 428 g/mol. The number of hydrogen-bond acceptors (Lipinski definition) is 7. The zero-order chi connectivity index (χ0) is 21.1. The van der Waals surface area contributed by atoms with Gasteiger partial charge in [-0.1, -0.05) is 0 Å². The van der Waals surface area contributed by atoms with Crippen molar-refractivity contribution in [2.75, 3.05) is 25.2 Å². The number of nitrogens with zero attached hydrogens (tertiary/aromatic N) is 1. The molecule has 0 saturated carbocycles. The Kier molecular flexibility index (Phi) is 7.48. The third-order valence-electron chi connectivity index (χ3n) is 4.28. The molecule has 1 saturated heterocycles. The van der Waals surface area contributed by atoms with Gasteiger partial charge in [-0.3, -0.25) is 10.1 Å². The molecule has 0 radical (unpaired) electrons. The molecule has 1 heterocycles. The SMILES string of the molecule is COC[C@@H](Oc1cc(C[C@@H]2CSC[C@H](N)[C@H]2O)cc(F)c1[N+](=O)[O-])C(F)(F)F. The van der Waals surface area contributed by atoms with Crippen LogP contribution in [0.2, 0.25) is 0 Å². The number of aliphatic hydroxyl groups is 1. The monoisotopic (exact) mass is 428 g/mol. The topological polar surface area (TPSA) is 108 Å². The fourth-order valence-corrected chi connectivity index (χ4v) is 4.12. The highest BCUT2D eigenvalue weighted by molar-refractivity contribution is 7.99. The van der Waals surface area contributed by atoms with Gasteiger partial charge < -0.3 is 20.3 Å². The van der Waals surface area contributed by atoms with Crippen LogP contribution in [0.15, 0.2) is 12.1 Å². The first kappa shape index (κ1) is 22.7. The Morgan fingerprint density at radius 2 is 2.11 bits per heavy atom. The first-order valence-corrected chi connectivity index (χ1v) is 9.40. The van der Waals surface area contributed by atoms with Gasteiger partial charge in [-0.15, -0.1) is 0 Å². The molecule has 1 aromatic rings. The van der Waals surface area contributed by atoms with Crippen LogP contribution in [0.1, 0.15) is 5.56 Å². The van der Waals surface area contributed by atoms with Crippen LogP contribution in [0.4, 0.5) is 23.2 Å². The van der Waals surface area contributed by atoms with Crippen molar-refractivity contribution >= 4 is 17.4 Å². The maximum atomic E-state index is 14.3. The summed E-state index contributed by atoms with van der Waals surface area (Å²) in [5.74, 6) is -1.48. The summed E-state index contributed by atoms with van der Waals surface area (Å²) in [6.45, 7) is -0.917. The van der Waals surface area contributed by atoms with E-state index in [1.165, 1.54) is 11.8 Å². The van der Waals surface area contributed by atoms with Crippen LogP contribution < -0.4 is 10.5 Å². The first-order chi connectivity index (χ1) is 13.0. The number of rotatable bonds is 7. The molecule has 28 heavy (non-hydrogen) atoms. The van der Waals surface area contributed by atoms with Crippen LogP contribution in [0.3, 0.4) is 0 Å². The number of halogens is 4. The van der Waals surface area contributed by atoms with E-state index in [1.807, 2.05) is 0 Å². The van der Waals surface area contributed by atoms with E-state index in [-0.39, 0.29) is 17.9 Å². The maximum Gasteiger partial charge on any atom is 0.427 e. The molecule has 7 nitrogen and oxygen atoms in total. The van der Waals surface area contributed by atoms with Crippen molar-refractivity contribution in [3.63, 3.8) is 0 Å². The van der Waals surface area contributed by atoms with Crippen molar-refractivity contribution in [2.45, 2.75) is 30.8 Å². The lowest BCUT2D eigenvalue weighted by atomic mass is 9.91. The molecule has 0 bridgehead atoms. The summed E-state index contributed by atoms with van der Waals surface area (Å²) in [5.41, 5.74) is 4.77. The van der Waals surface area contributed by atoms with Crippen LogP contribution in [-0.2, 0) is 11.2 Å². The van der Waals surface area contributed by atoms with Gasteiger partial charge in [-0.05, 0) is 35.8 Å². The van der Waals surface area contributed by atoms with E-state index in [9.17, 15) is 32.8 Å². The summed E-state index contributed by atoms with van der Waals surface area (Å²) in [6, 6.07) is 1.37. The number of ether oxygens (including phenoxy) is 2. The van der Waals surface area contributed by atoms with Gasteiger partial charge in [0.2, 0.25) is 17.7 Å². The van der Waals surface area contributed by atoms with Crippen LogP contribution in [0.5, 0.6) is 5.75 Å². The van der Waals surface area contributed by atoms with Crippen molar-refractivity contribution in [3.05, 3.63) is 33.6 Å². The number of nitrogens with two attached hydrogens (primary N) is 1. The van der Waals surface area contributed by atoms with Gasteiger partial charge in [0.25, 0.3) is 0 Å². The van der Waals surface area contributed by atoms with E-state index in [1.54, 1.807) is 0 Å². The molecule has 4 atom stereocenters. The van der Waals surface area contributed by atoms with E-state index in [4.69, 9.17) is 10.5 Å². The molecular weight excluding hydrogens is 408 g/mol. The first-order valence-electron chi connectivity index (χ1n) is 8.25. The molecule has 0 unspecified atom stereocenters. The second kappa shape index (κ2) is 9.25. The average Bonchev–Trinajstić information content (AvgIpc) is 2.57. The predicted octanol–water partition coefficient (Wildman–Crippen LogP) is 2.28. The van der Waals surface area contributed by atoms with Gasteiger partial charge in [-0.25, -0.2) is 0 Å². The minimum atomic E-state index is -4.88. The Bertz CT molecular complexity index is 706. The molecule has 3 N–H and O–H groups in total. The minimum absolute atomic E-state index is 0.0775. The van der Waals surface area contributed by atoms with Crippen molar-refractivity contribution in [3.8, 4) is 5.75 Å². The van der Waals surface area contributed by atoms with Crippen LogP contribution in [0, 0.1) is 21.8 Å². The van der Waals surface area contributed by atoms with Crippen LogP contribution in [0.25, 0.3) is 0 Å². The van der Waals surface area contributed by atoms with Gasteiger partial charge in [0.1, 0.15) is 0 Å². The Morgan fingerprint density at radius 1 is 1.43 bits per heavy atom. The van der Waals surface area contributed by atoms with Crippen molar-refractivity contribution in [1.82, 2.24) is 0 Å². The number of thioether (sulfide) groups is 1. The summed E-state index contributed by atoms with van der Waals surface area (Å²) in [5, 5.41) is 21.3. The highest BCUT2D eigenvalue weighted by atomic mass is 32.2. The van der Waals surface area contributed by atoms with Gasteiger partial charge in [0.15, 0.2) is 0 Å². The molecule has 2 rings (SSSR count). The molecule has 1 aliphatic heterocycles. The lowest BCUT2D eigenvalue weighted by Crippen LogP contribution is -2.46. The quantitative estimate of drug-likeness (QED) is 0.390. The number of alkyl halides is 3. The molecule has 0 amide bonds. The standard InChI is InChI=1S/C16H20F4N2O5S/c1-26-5-13(16(18,19)20)27-12-4-8(3-10(17)14(12)22(24)25)2-9-6-28-7-11(21)15(9)23/h3-4,9,11,13,15,23H,2,5-7,21H2,1H3/t9-,11+,13-,15+/m1/s1. The third-order valence-corrected chi connectivity index (χ3v) is 5.57. The predicted molar refractivity (Wildman–Crippen MR) is 93.9 cm³/mol. The molecule has 1 aromatic carbocycles. The molecular formula is C16H20F4N2O5S. The summed E-state index contributed by atoms with van der Waals surface area (Å²) >= 11 is 1.49. The molecule has 12 heteroatoms. The van der Waals surface area contributed by atoms with Gasteiger partial charge >= 0.3 is 11.9 Å². The second-order valence-corrected chi connectivity index (χ2v) is 7.52. The fraction of sp³-hybridized carbons (Fsp3) is 0.625. The van der Waals surface area contributed by atoms with Crippen molar-refractivity contribution in [2.24, 2.45) is 11.7 Å². The summed E-state index contributed by atoms with van der Waals surface area (Å²) < 4.78 is 62.7.